The second kappa shape index (κ2) is 6.91. The van der Waals surface area contributed by atoms with Gasteiger partial charge in [0.15, 0.2) is 0 Å². The van der Waals surface area contributed by atoms with Crippen LogP contribution in [0.5, 0.6) is 0 Å². The third-order valence-corrected chi connectivity index (χ3v) is 6.77. The van der Waals surface area contributed by atoms with Gasteiger partial charge in [-0.25, -0.2) is 9.37 Å². The molecule has 1 fully saturated rings. The summed E-state index contributed by atoms with van der Waals surface area (Å²) < 4.78 is 14.5. The van der Waals surface area contributed by atoms with Crippen LogP contribution in [0, 0.1) is 25.7 Å². The summed E-state index contributed by atoms with van der Waals surface area (Å²) in [4.78, 5) is 12.2. The molecule has 6 nitrogen and oxygen atoms in total. The van der Waals surface area contributed by atoms with Gasteiger partial charge in [-0.1, -0.05) is 0 Å². The van der Waals surface area contributed by atoms with E-state index < -0.39 is 0 Å². The molecule has 5 rings (SSSR count). The maximum absolute atomic E-state index is 14.0. The number of aromatic amines is 1. The van der Waals surface area contributed by atoms with Crippen molar-refractivity contribution in [2.24, 2.45) is 0 Å². The van der Waals surface area contributed by atoms with E-state index in [4.69, 9.17) is 4.98 Å². The van der Waals surface area contributed by atoms with E-state index in [0.717, 1.165) is 47.7 Å². The van der Waals surface area contributed by atoms with Gasteiger partial charge >= 0.3 is 0 Å². The molecule has 2 aromatic heterocycles. The highest BCUT2D eigenvalue weighted by molar-refractivity contribution is 9.10. The third-order valence-electron chi connectivity index (χ3n) is 6.16. The molecule has 0 amide bonds. The van der Waals surface area contributed by atoms with E-state index in [-0.39, 0.29) is 11.4 Å². The third kappa shape index (κ3) is 2.85. The Balaban J connectivity index is 1.68. The Bertz CT molecular complexity index is 1210. The summed E-state index contributed by atoms with van der Waals surface area (Å²) in [5.74, 6) is 0.512. The summed E-state index contributed by atoms with van der Waals surface area (Å²) in [6.45, 7) is 7.27. The summed E-state index contributed by atoms with van der Waals surface area (Å²) in [6, 6.07) is 8.55. The van der Waals surface area contributed by atoms with E-state index in [9.17, 15) is 4.39 Å². The van der Waals surface area contributed by atoms with Gasteiger partial charge in [0.1, 0.15) is 17.3 Å². The first-order valence-electron chi connectivity index (χ1n) is 9.90. The van der Waals surface area contributed by atoms with Crippen LogP contribution in [0.15, 0.2) is 35.1 Å². The van der Waals surface area contributed by atoms with Crippen molar-refractivity contribution in [2.45, 2.75) is 39.2 Å². The van der Waals surface area contributed by atoms with E-state index in [2.05, 4.69) is 62.8 Å². The van der Waals surface area contributed by atoms with Gasteiger partial charge in [0.2, 0.25) is 0 Å². The maximum Gasteiger partial charge on any atom is 0.139 e. The van der Waals surface area contributed by atoms with Crippen LogP contribution in [0.1, 0.15) is 36.7 Å². The predicted molar refractivity (Wildman–Crippen MR) is 117 cm³/mol. The molecule has 153 valence electrons. The number of anilines is 1. The average molecular weight is 468 g/mol. The molecule has 1 saturated heterocycles. The standard InChI is InChI=1S/C22H21BrFN6/c1-13-5-6-19(30-25-8-9-26-30)20(14(13)2)29-10-4-7-22(29,3)21-27-17-11-15(23)16(24)12-18(17)28-21/h5,8-9,11-12H,4,7,10H2,1-3H3,(H,27,28)/t22-/m0/s1. The molecule has 1 N–H and O–H groups in total. The van der Waals surface area contributed by atoms with Crippen molar-refractivity contribution in [3.8, 4) is 5.69 Å². The van der Waals surface area contributed by atoms with Crippen molar-refractivity contribution in [1.29, 1.82) is 0 Å². The number of rotatable bonds is 3. The molecule has 4 aromatic rings. The molecule has 30 heavy (non-hydrogen) atoms. The fraction of sp³-hybridized carbons (Fsp3) is 0.318. The molecule has 1 radical (unpaired) electrons. The minimum atomic E-state index is -0.379. The van der Waals surface area contributed by atoms with Gasteiger partial charge in [-0.05, 0) is 72.8 Å². The van der Waals surface area contributed by atoms with E-state index in [0.29, 0.717) is 9.99 Å². The number of nitrogens with one attached hydrogen (secondary N) is 1. The molecule has 0 unspecified atom stereocenters. The molecule has 1 aliphatic heterocycles. The number of benzene rings is 2. The van der Waals surface area contributed by atoms with Crippen LogP contribution < -0.4 is 4.90 Å². The van der Waals surface area contributed by atoms with Gasteiger partial charge in [0.05, 0.1) is 39.1 Å². The SMILES string of the molecule is Cc1c[c]c(-n2nccn2)c(N2CCC[C@@]2(C)c2nc3cc(F)c(Br)cc3[nH]2)c1C. The second-order valence-electron chi connectivity index (χ2n) is 8.01. The fourth-order valence-electron chi connectivity index (χ4n) is 4.36. The quantitative estimate of drug-likeness (QED) is 0.461. The first-order valence-corrected chi connectivity index (χ1v) is 10.7. The lowest BCUT2D eigenvalue weighted by molar-refractivity contribution is 0.465. The Labute approximate surface area is 182 Å². The number of halogens is 2. The predicted octanol–water partition coefficient (Wildman–Crippen LogP) is 4.98. The number of imidazole rings is 1. The van der Waals surface area contributed by atoms with Crippen molar-refractivity contribution in [3.05, 3.63) is 63.9 Å². The molecular weight excluding hydrogens is 447 g/mol. The highest BCUT2D eigenvalue weighted by Crippen LogP contribution is 2.44. The minimum Gasteiger partial charge on any atom is -0.357 e. The Hall–Kier alpha value is -2.74. The zero-order valence-corrected chi connectivity index (χ0v) is 18.6. The first-order chi connectivity index (χ1) is 14.4. The molecule has 8 heteroatoms. The zero-order valence-electron chi connectivity index (χ0n) is 17.0. The van der Waals surface area contributed by atoms with Crippen molar-refractivity contribution in [3.63, 3.8) is 0 Å². The minimum absolute atomic E-state index is 0.315. The van der Waals surface area contributed by atoms with Gasteiger partial charge in [0, 0.05) is 18.7 Å². The van der Waals surface area contributed by atoms with Crippen LogP contribution in [-0.4, -0.2) is 31.5 Å². The fourth-order valence-corrected chi connectivity index (χ4v) is 4.70. The normalized spacial score (nSPS) is 19.2. The van der Waals surface area contributed by atoms with Crippen molar-refractivity contribution >= 4 is 32.7 Å². The highest BCUT2D eigenvalue weighted by atomic mass is 79.9. The molecule has 0 aliphatic carbocycles. The first kappa shape index (κ1) is 19.2. The van der Waals surface area contributed by atoms with Crippen molar-refractivity contribution in [1.82, 2.24) is 25.0 Å². The van der Waals surface area contributed by atoms with Crippen LogP contribution in [0.3, 0.4) is 0 Å². The van der Waals surface area contributed by atoms with Crippen LogP contribution in [0.2, 0.25) is 0 Å². The molecule has 1 aliphatic rings. The maximum atomic E-state index is 14.0. The topological polar surface area (TPSA) is 62.6 Å². The van der Waals surface area contributed by atoms with Crippen LogP contribution in [0.4, 0.5) is 10.1 Å². The Morgan fingerprint density at radius 1 is 1.23 bits per heavy atom. The lowest BCUT2D eigenvalue weighted by Crippen LogP contribution is -2.40. The Morgan fingerprint density at radius 2 is 2.00 bits per heavy atom. The van der Waals surface area contributed by atoms with Gasteiger partial charge in [-0.15, -0.1) is 4.80 Å². The monoisotopic (exact) mass is 467 g/mol. The number of H-pyrrole nitrogens is 1. The number of fused-ring (bicyclic) bond motifs is 1. The highest BCUT2D eigenvalue weighted by Gasteiger charge is 2.42. The number of aromatic nitrogens is 5. The summed E-state index contributed by atoms with van der Waals surface area (Å²) in [7, 11) is 0. The van der Waals surface area contributed by atoms with Gasteiger partial charge < -0.3 is 9.88 Å². The Morgan fingerprint density at radius 3 is 2.77 bits per heavy atom. The van der Waals surface area contributed by atoms with Gasteiger partial charge in [-0.3, -0.25) is 0 Å². The molecule has 1 atom stereocenters. The number of hydrogen-bond donors (Lipinski definition) is 1. The van der Waals surface area contributed by atoms with Crippen molar-refractivity contribution < 1.29 is 4.39 Å². The molecule has 0 spiro atoms. The summed E-state index contributed by atoms with van der Waals surface area (Å²) in [6.07, 6.45) is 5.28. The number of hydrogen-bond acceptors (Lipinski definition) is 4. The molecule has 2 aromatic carbocycles. The zero-order chi connectivity index (χ0) is 21.0. The van der Waals surface area contributed by atoms with Gasteiger partial charge in [-0.2, -0.15) is 10.2 Å². The van der Waals surface area contributed by atoms with Crippen LogP contribution >= 0.6 is 15.9 Å². The summed E-state index contributed by atoms with van der Waals surface area (Å²) in [5.41, 5.74) is 5.26. The number of nitrogens with zero attached hydrogens (tertiary/aromatic N) is 5. The average Bonchev–Trinajstić information content (AvgIpc) is 3.45. The molecule has 0 bridgehead atoms. The van der Waals surface area contributed by atoms with E-state index in [1.54, 1.807) is 23.3 Å². The molecule has 3 heterocycles. The van der Waals surface area contributed by atoms with Gasteiger partial charge in [0.25, 0.3) is 0 Å². The molecular formula is C22H21BrFN6. The second-order valence-corrected chi connectivity index (χ2v) is 8.86. The summed E-state index contributed by atoms with van der Waals surface area (Å²) >= 11 is 3.27. The summed E-state index contributed by atoms with van der Waals surface area (Å²) in [5, 5.41) is 8.68. The van der Waals surface area contributed by atoms with E-state index in [1.165, 1.54) is 11.6 Å². The Kier molecular flexibility index (Phi) is 4.43. The van der Waals surface area contributed by atoms with Crippen LogP contribution in [0.25, 0.3) is 16.7 Å². The van der Waals surface area contributed by atoms with E-state index >= 15 is 0 Å². The lowest BCUT2D eigenvalue weighted by Gasteiger charge is -2.37. The lowest BCUT2D eigenvalue weighted by atomic mass is 9.95. The number of aryl methyl sites for hydroxylation is 1. The largest absolute Gasteiger partial charge is 0.357 e. The van der Waals surface area contributed by atoms with Crippen molar-refractivity contribution in [2.75, 3.05) is 11.4 Å². The van der Waals surface area contributed by atoms with Crippen LogP contribution in [-0.2, 0) is 5.54 Å². The smallest absolute Gasteiger partial charge is 0.139 e. The molecule has 0 saturated carbocycles. The van der Waals surface area contributed by atoms with E-state index in [1.807, 2.05) is 6.07 Å².